The van der Waals surface area contributed by atoms with Gasteiger partial charge in [-0.05, 0) is 35.9 Å². The number of benzene rings is 2. The van der Waals surface area contributed by atoms with Crippen molar-refractivity contribution in [1.29, 1.82) is 0 Å². The molecule has 158 valence electrons. The van der Waals surface area contributed by atoms with E-state index in [1.165, 1.54) is 30.6 Å². The highest BCUT2D eigenvalue weighted by atomic mass is 32.1. The molecule has 1 amide bonds. The van der Waals surface area contributed by atoms with Gasteiger partial charge in [0.05, 0.1) is 17.4 Å². The van der Waals surface area contributed by atoms with Gasteiger partial charge < -0.3 is 5.32 Å². The van der Waals surface area contributed by atoms with Crippen molar-refractivity contribution < 1.29 is 22.4 Å². The van der Waals surface area contributed by atoms with E-state index in [0.29, 0.717) is 21.3 Å². The number of hydrogen-bond donors (Lipinski definition) is 1. The van der Waals surface area contributed by atoms with Crippen molar-refractivity contribution in [1.82, 2.24) is 9.55 Å². The molecule has 10 heteroatoms. The van der Waals surface area contributed by atoms with Crippen LogP contribution in [0.5, 0.6) is 0 Å². The van der Waals surface area contributed by atoms with Crippen LogP contribution in [0.25, 0.3) is 21.3 Å². The molecule has 0 atom stereocenters. The van der Waals surface area contributed by atoms with Gasteiger partial charge in [0.25, 0.3) is 5.56 Å². The molecule has 0 spiro atoms. The molecule has 0 bridgehead atoms. The lowest BCUT2D eigenvalue weighted by Crippen LogP contribution is -2.27. The number of anilines is 1. The van der Waals surface area contributed by atoms with E-state index < -0.39 is 29.8 Å². The molecule has 0 aliphatic heterocycles. The van der Waals surface area contributed by atoms with Crippen LogP contribution < -0.4 is 10.9 Å². The lowest BCUT2D eigenvalue weighted by Gasteiger charge is -2.10. The fraction of sp³-hybridized carbons (Fsp3) is 0.0952. The van der Waals surface area contributed by atoms with Crippen LogP contribution in [0.4, 0.5) is 23.2 Å². The van der Waals surface area contributed by atoms with E-state index in [1.54, 1.807) is 17.5 Å². The largest absolute Gasteiger partial charge is 0.416 e. The zero-order valence-corrected chi connectivity index (χ0v) is 16.4. The van der Waals surface area contributed by atoms with Crippen LogP contribution in [0, 0.1) is 5.82 Å². The third-order valence-corrected chi connectivity index (χ3v) is 5.45. The Labute approximate surface area is 176 Å². The van der Waals surface area contributed by atoms with E-state index >= 15 is 0 Å². The van der Waals surface area contributed by atoms with Crippen LogP contribution in [-0.4, -0.2) is 15.5 Å². The smallest absolute Gasteiger partial charge is 0.325 e. The predicted molar refractivity (Wildman–Crippen MR) is 109 cm³/mol. The summed E-state index contributed by atoms with van der Waals surface area (Å²) in [6.45, 7) is -0.415. The number of nitrogens with zero attached hydrogens (tertiary/aromatic N) is 2. The highest BCUT2D eigenvalue weighted by Gasteiger charge is 2.30. The Morgan fingerprint density at radius 2 is 1.87 bits per heavy atom. The average molecular weight is 447 g/mol. The average Bonchev–Trinajstić information content (AvgIpc) is 3.15. The molecule has 2 aromatic heterocycles. The van der Waals surface area contributed by atoms with Gasteiger partial charge >= 0.3 is 6.18 Å². The summed E-state index contributed by atoms with van der Waals surface area (Å²) in [6, 6.07) is 9.98. The Balaban J connectivity index is 1.57. The third-order valence-electron chi connectivity index (χ3n) is 4.49. The first kappa shape index (κ1) is 20.7. The lowest BCUT2D eigenvalue weighted by molar-refractivity contribution is -0.137. The van der Waals surface area contributed by atoms with Crippen LogP contribution in [0.2, 0.25) is 0 Å². The summed E-state index contributed by atoms with van der Waals surface area (Å²) in [4.78, 5) is 29.3. The Bertz CT molecular complexity index is 1330. The number of halogens is 4. The summed E-state index contributed by atoms with van der Waals surface area (Å²) in [5, 5.41) is 4.08. The minimum absolute atomic E-state index is 0.0309. The standard InChI is InChI=1S/C21H13F4N3O2S/c22-14-6-4-12(5-7-14)16-10-31-19-18(16)26-11-28(20(19)30)9-17(29)27-15-3-1-2-13(8-15)21(23,24)25/h1-8,10-11H,9H2,(H,27,29). The second-order valence-corrected chi connectivity index (χ2v) is 7.52. The molecule has 0 aliphatic carbocycles. The minimum atomic E-state index is -4.53. The van der Waals surface area contributed by atoms with Crippen molar-refractivity contribution in [2.24, 2.45) is 0 Å². The summed E-state index contributed by atoms with van der Waals surface area (Å²) in [5.41, 5.74) is 0.407. The van der Waals surface area contributed by atoms with Gasteiger partial charge in [0.1, 0.15) is 17.1 Å². The van der Waals surface area contributed by atoms with Crippen LogP contribution in [0.1, 0.15) is 5.56 Å². The maximum absolute atomic E-state index is 13.2. The van der Waals surface area contributed by atoms with Crippen LogP contribution in [0.3, 0.4) is 0 Å². The number of hydrogen-bond acceptors (Lipinski definition) is 4. The first-order valence-electron chi connectivity index (χ1n) is 8.92. The Morgan fingerprint density at radius 1 is 1.13 bits per heavy atom. The highest BCUT2D eigenvalue weighted by molar-refractivity contribution is 7.17. The summed E-state index contributed by atoms with van der Waals surface area (Å²) in [5.74, 6) is -1.05. The van der Waals surface area contributed by atoms with E-state index in [1.807, 2.05) is 0 Å². The summed E-state index contributed by atoms with van der Waals surface area (Å²) >= 11 is 1.14. The molecule has 0 fully saturated rings. The van der Waals surface area contributed by atoms with E-state index in [-0.39, 0.29) is 11.5 Å². The Morgan fingerprint density at radius 3 is 2.58 bits per heavy atom. The molecular formula is C21H13F4N3O2S. The molecule has 2 heterocycles. The van der Waals surface area contributed by atoms with Gasteiger partial charge in [0.2, 0.25) is 5.91 Å². The third kappa shape index (κ3) is 4.33. The maximum Gasteiger partial charge on any atom is 0.416 e. The molecule has 0 saturated heterocycles. The lowest BCUT2D eigenvalue weighted by atomic mass is 10.1. The van der Waals surface area contributed by atoms with Gasteiger partial charge in [0, 0.05) is 16.6 Å². The van der Waals surface area contributed by atoms with Gasteiger partial charge in [-0.25, -0.2) is 9.37 Å². The molecule has 4 rings (SSSR count). The van der Waals surface area contributed by atoms with E-state index in [4.69, 9.17) is 0 Å². The van der Waals surface area contributed by atoms with Gasteiger partial charge in [-0.2, -0.15) is 13.2 Å². The molecule has 4 aromatic rings. The Kier molecular flexibility index (Phi) is 5.32. The minimum Gasteiger partial charge on any atom is -0.325 e. The van der Waals surface area contributed by atoms with Gasteiger partial charge in [-0.15, -0.1) is 11.3 Å². The number of thiophene rings is 1. The molecule has 5 nitrogen and oxygen atoms in total. The topological polar surface area (TPSA) is 64.0 Å². The van der Waals surface area contributed by atoms with Crippen LogP contribution in [0.15, 0.2) is 65.0 Å². The number of carbonyl (C=O) groups is 1. The SMILES string of the molecule is O=C(Cn1cnc2c(-c3ccc(F)cc3)csc2c1=O)Nc1cccc(C(F)(F)F)c1. The van der Waals surface area contributed by atoms with E-state index in [9.17, 15) is 27.2 Å². The second-order valence-electron chi connectivity index (χ2n) is 6.64. The zero-order chi connectivity index (χ0) is 22.2. The highest BCUT2D eigenvalue weighted by Crippen LogP contribution is 2.31. The summed E-state index contributed by atoms with van der Waals surface area (Å²) < 4.78 is 53.0. The van der Waals surface area contributed by atoms with E-state index in [2.05, 4.69) is 10.3 Å². The Hall–Kier alpha value is -3.53. The molecule has 0 unspecified atom stereocenters. The van der Waals surface area contributed by atoms with Crippen LogP contribution in [-0.2, 0) is 17.5 Å². The molecule has 0 saturated carbocycles. The van der Waals surface area contributed by atoms with Gasteiger partial charge in [0.15, 0.2) is 0 Å². The maximum atomic E-state index is 13.2. The number of amides is 1. The number of alkyl halides is 3. The first-order chi connectivity index (χ1) is 14.7. The number of aromatic nitrogens is 2. The molecular weight excluding hydrogens is 434 g/mol. The molecule has 0 aliphatic rings. The number of nitrogens with one attached hydrogen (secondary N) is 1. The summed E-state index contributed by atoms with van der Waals surface area (Å²) in [6.07, 6.45) is -3.33. The second kappa shape index (κ2) is 7.95. The normalized spacial score (nSPS) is 11.6. The van der Waals surface area contributed by atoms with Crippen molar-refractivity contribution in [3.05, 3.63) is 82.0 Å². The number of fused-ring (bicyclic) bond motifs is 1. The summed E-state index contributed by atoms with van der Waals surface area (Å²) in [7, 11) is 0. The van der Waals surface area contributed by atoms with Crippen molar-refractivity contribution in [2.75, 3.05) is 5.32 Å². The van der Waals surface area contributed by atoms with E-state index in [0.717, 1.165) is 28.0 Å². The van der Waals surface area contributed by atoms with Crippen molar-refractivity contribution in [3.8, 4) is 11.1 Å². The van der Waals surface area contributed by atoms with Gasteiger partial charge in [-0.3, -0.25) is 14.2 Å². The molecule has 1 N–H and O–H groups in total. The number of carbonyl (C=O) groups excluding carboxylic acids is 1. The first-order valence-corrected chi connectivity index (χ1v) is 9.80. The quantitative estimate of drug-likeness (QED) is 0.452. The predicted octanol–water partition coefficient (Wildman–Crippen LogP) is 4.92. The molecule has 2 aromatic carbocycles. The fourth-order valence-electron chi connectivity index (χ4n) is 3.02. The van der Waals surface area contributed by atoms with Crippen LogP contribution >= 0.6 is 11.3 Å². The van der Waals surface area contributed by atoms with Crippen molar-refractivity contribution in [3.63, 3.8) is 0 Å². The molecule has 31 heavy (non-hydrogen) atoms. The monoisotopic (exact) mass is 447 g/mol. The zero-order valence-electron chi connectivity index (χ0n) is 15.6. The van der Waals surface area contributed by atoms with Crippen molar-refractivity contribution >= 4 is 33.1 Å². The molecule has 0 radical (unpaired) electrons. The fourth-order valence-corrected chi connectivity index (χ4v) is 3.99. The van der Waals surface area contributed by atoms with Gasteiger partial charge in [-0.1, -0.05) is 18.2 Å². The number of rotatable bonds is 4. The van der Waals surface area contributed by atoms with Crippen molar-refractivity contribution in [2.45, 2.75) is 12.7 Å².